The lowest BCUT2D eigenvalue weighted by atomic mass is 10.0. The van der Waals surface area contributed by atoms with Crippen LogP contribution in [0.1, 0.15) is 5.56 Å². The lowest BCUT2D eigenvalue weighted by molar-refractivity contribution is 0.449. The Morgan fingerprint density at radius 2 is 1.61 bits per heavy atom. The van der Waals surface area contributed by atoms with Crippen molar-refractivity contribution in [1.82, 2.24) is 0 Å². The van der Waals surface area contributed by atoms with Gasteiger partial charge in [0.25, 0.3) is 0 Å². The van der Waals surface area contributed by atoms with Crippen molar-refractivity contribution >= 4 is 11.6 Å². The fourth-order valence-electron chi connectivity index (χ4n) is 1.64. The molecule has 0 bridgehead atoms. The van der Waals surface area contributed by atoms with Crippen molar-refractivity contribution in [2.45, 2.75) is 6.54 Å². The van der Waals surface area contributed by atoms with Gasteiger partial charge < -0.3 is 5.73 Å². The fraction of sp³-hybridized carbons (Fsp3) is 0.0769. The Balaban J connectivity index is 2.59. The summed E-state index contributed by atoms with van der Waals surface area (Å²) < 4.78 is 39.6. The Hall–Kier alpha value is -1.52. The molecule has 0 aliphatic heterocycles. The van der Waals surface area contributed by atoms with Crippen molar-refractivity contribution in [3.05, 3.63) is 58.4 Å². The minimum Gasteiger partial charge on any atom is -0.326 e. The van der Waals surface area contributed by atoms with E-state index in [2.05, 4.69) is 0 Å². The molecule has 0 unspecified atom stereocenters. The van der Waals surface area contributed by atoms with Crippen LogP contribution in [0.2, 0.25) is 5.02 Å². The van der Waals surface area contributed by atoms with E-state index in [1.165, 1.54) is 6.07 Å². The number of rotatable bonds is 2. The van der Waals surface area contributed by atoms with Crippen LogP contribution in [0.3, 0.4) is 0 Å². The van der Waals surface area contributed by atoms with Crippen molar-refractivity contribution < 1.29 is 13.2 Å². The molecule has 1 nitrogen and oxygen atoms in total. The van der Waals surface area contributed by atoms with Gasteiger partial charge in [0.05, 0.1) is 0 Å². The minimum atomic E-state index is -1.51. The first-order valence-electron chi connectivity index (χ1n) is 5.17. The van der Waals surface area contributed by atoms with E-state index in [-0.39, 0.29) is 10.6 Å². The molecule has 5 heteroatoms. The van der Waals surface area contributed by atoms with E-state index in [0.717, 1.165) is 17.7 Å². The van der Waals surface area contributed by atoms with Crippen molar-refractivity contribution in [2.75, 3.05) is 0 Å². The monoisotopic (exact) mass is 271 g/mol. The highest BCUT2D eigenvalue weighted by Gasteiger charge is 2.16. The second-order valence-electron chi connectivity index (χ2n) is 3.74. The van der Waals surface area contributed by atoms with E-state index < -0.39 is 17.5 Å². The van der Waals surface area contributed by atoms with E-state index >= 15 is 0 Å². The highest BCUT2D eigenvalue weighted by molar-refractivity contribution is 6.33. The maximum absolute atomic E-state index is 13.6. The normalized spacial score (nSPS) is 10.7. The minimum absolute atomic E-state index is 0.0810. The number of benzene rings is 2. The van der Waals surface area contributed by atoms with Gasteiger partial charge in [0, 0.05) is 22.7 Å². The second kappa shape index (κ2) is 5.00. The van der Waals surface area contributed by atoms with Crippen LogP contribution in [-0.2, 0) is 6.54 Å². The summed E-state index contributed by atoms with van der Waals surface area (Å²) >= 11 is 5.97. The maximum atomic E-state index is 13.6. The van der Waals surface area contributed by atoms with Crippen LogP contribution in [0, 0.1) is 17.5 Å². The van der Waals surface area contributed by atoms with E-state index in [0.29, 0.717) is 12.1 Å². The standard InChI is InChI=1S/C13H9ClF3N/c14-10-5-7(6-18)1-2-8(10)9-3-4-11(15)13(17)12(9)16/h1-5H,6,18H2. The first-order valence-corrected chi connectivity index (χ1v) is 5.54. The zero-order valence-corrected chi connectivity index (χ0v) is 9.94. The third-order valence-electron chi connectivity index (χ3n) is 2.59. The molecule has 2 rings (SSSR count). The summed E-state index contributed by atoms with van der Waals surface area (Å²) in [5.41, 5.74) is 6.42. The van der Waals surface area contributed by atoms with E-state index in [1.54, 1.807) is 12.1 Å². The topological polar surface area (TPSA) is 26.0 Å². The van der Waals surface area contributed by atoms with Gasteiger partial charge in [-0.05, 0) is 23.8 Å². The first kappa shape index (κ1) is 12.9. The molecule has 0 aliphatic rings. The van der Waals surface area contributed by atoms with E-state index in [9.17, 15) is 13.2 Å². The van der Waals surface area contributed by atoms with Crippen molar-refractivity contribution in [1.29, 1.82) is 0 Å². The zero-order chi connectivity index (χ0) is 13.3. The Morgan fingerprint density at radius 3 is 2.22 bits per heavy atom. The lowest BCUT2D eigenvalue weighted by Gasteiger charge is -2.08. The van der Waals surface area contributed by atoms with Gasteiger partial charge in [0.15, 0.2) is 17.5 Å². The molecule has 2 aromatic carbocycles. The van der Waals surface area contributed by atoms with Crippen LogP contribution < -0.4 is 5.73 Å². The van der Waals surface area contributed by atoms with Gasteiger partial charge in [-0.15, -0.1) is 0 Å². The van der Waals surface area contributed by atoms with Crippen LogP contribution in [-0.4, -0.2) is 0 Å². The van der Waals surface area contributed by atoms with Crippen LogP contribution in [0.25, 0.3) is 11.1 Å². The molecule has 0 atom stereocenters. The Kier molecular flexibility index (Phi) is 3.59. The quantitative estimate of drug-likeness (QED) is 0.824. The van der Waals surface area contributed by atoms with Gasteiger partial charge in [-0.25, -0.2) is 13.2 Å². The average molecular weight is 272 g/mol. The van der Waals surface area contributed by atoms with Crippen LogP contribution in [0.5, 0.6) is 0 Å². The molecule has 0 spiro atoms. The summed E-state index contributed by atoms with van der Waals surface area (Å²) in [5.74, 6) is -3.99. The molecular weight excluding hydrogens is 263 g/mol. The highest BCUT2D eigenvalue weighted by Crippen LogP contribution is 2.32. The fourth-order valence-corrected chi connectivity index (χ4v) is 1.94. The molecule has 18 heavy (non-hydrogen) atoms. The molecule has 0 aliphatic carbocycles. The SMILES string of the molecule is NCc1ccc(-c2ccc(F)c(F)c2F)c(Cl)c1. The number of hydrogen-bond donors (Lipinski definition) is 1. The predicted octanol–water partition coefficient (Wildman–Crippen LogP) is 3.88. The predicted molar refractivity (Wildman–Crippen MR) is 64.7 cm³/mol. The van der Waals surface area contributed by atoms with Crippen molar-refractivity contribution in [2.24, 2.45) is 5.73 Å². The van der Waals surface area contributed by atoms with E-state index in [1.807, 2.05) is 0 Å². The maximum Gasteiger partial charge on any atom is 0.195 e. The molecule has 0 radical (unpaired) electrons. The molecule has 2 N–H and O–H groups in total. The second-order valence-corrected chi connectivity index (χ2v) is 4.15. The third kappa shape index (κ3) is 2.21. The number of halogens is 4. The molecule has 0 heterocycles. The Labute approximate surface area is 107 Å². The zero-order valence-electron chi connectivity index (χ0n) is 9.18. The summed E-state index contributed by atoms with van der Waals surface area (Å²) in [7, 11) is 0. The lowest BCUT2D eigenvalue weighted by Crippen LogP contribution is -1.97. The summed E-state index contributed by atoms with van der Waals surface area (Å²) in [5, 5.41) is 0.239. The molecule has 0 amide bonds. The van der Waals surface area contributed by atoms with Gasteiger partial charge >= 0.3 is 0 Å². The molecule has 94 valence electrons. The molecule has 2 aromatic rings. The first-order chi connectivity index (χ1) is 8.54. The highest BCUT2D eigenvalue weighted by atomic mass is 35.5. The summed E-state index contributed by atoms with van der Waals surface area (Å²) in [6, 6.07) is 6.76. The van der Waals surface area contributed by atoms with Gasteiger partial charge in [-0.1, -0.05) is 23.7 Å². The third-order valence-corrected chi connectivity index (χ3v) is 2.91. The average Bonchev–Trinajstić information content (AvgIpc) is 2.37. The van der Waals surface area contributed by atoms with Gasteiger partial charge in [0.1, 0.15) is 0 Å². The molecule has 0 saturated heterocycles. The Morgan fingerprint density at radius 1 is 0.944 bits per heavy atom. The van der Waals surface area contributed by atoms with Gasteiger partial charge in [-0.3, -0.25) is 0 Å². The van der Waals surface area contributed by atoms with Crippen LogP contribution in [0.4, 0.5) is 13.2 Å². The molecule has 0 fully saturated rings. The van der Waals surface area contributed by atoms with Crippen molar-refractivity contribution in [3.63, 3.8) is 0 Å². The molecule has 0 aromatic heterocycles. The van der Waals surface area contributed by atoms with E-state index in [4.69, 9.17) is 17.3 Å². The molecular formula is C13H9ClF3N. The van der Waals surface area contributed by atoms with Crippen LogP contribution >= 0.6 is 11.6 Å². The summed E-state index contributed by atoms with van der Waals surface area (Å²) in [6.45, 7) is 0.292. The number of hydrogen-bond acceptors (Lipinski definition) is 1. The Bertz CT molecular complexity index is 599. The van der Waals surface area contributed by atoms with Gasteiger partial charge in [-0.2, -0.15) is 0 Å². The van der Waals surface area contributed by atoms with Crippen LogP contribution in [0.15, 0.2) is 30.3 Å². The largest absolute Gasteiger partial charge is 0.326 e. The summed E-state index contributed by atoms with van der Waals surface area (Å²) in [4.78, 5) is 0. The number of nitrogens with two attached hydrogens (primary N) is 1. The van der Waals surface area contributed by atoms with Gasteiger partial charge in [0.2, 0.25) is 0 Å². The summed E-state index contributed by atoms with van der Waals surface area (Å²) in [6.07, 6.45) is 0. The smallest absolute Gasteiger partial charge is 0.195 e. The molecule has 0 saturated carbocycles. The van der Waals surface area contributed by atoms with Crippen molar-refractivity contribution in [3.8, 4) is 11.1 Å².